The Balaban J connectivity index is 1.47. The number of aryl methyl sites for hydroxylation is 1. The molecule has 4 heteroatoms. The summed E-state index contributed by atoms with van der Waals surface area (Å²) < 4.78 is 5.87. The van der Waals surface area contributed by atoms with E-state index in [9.17, 15) is 0 Å². The maximum atomic E-state index is 6.16. The number of benzene rings is 2. The van der Waals surface area contributed by atoms with Crippen LogP contribution in [-0.4, -0.2) is 28.1 Å². The number of ether oxygens (including phenoxy) is 1. The fourth-order valence-electron chi connectivity index (χ4n) is 4.34. The average Bonchev–Trinajstić information content (AvgIpc) is 2.92. The second-order valence-electron chi connectivity index (χ2n) is 9.91. The molecule has 2 atom stereocenters. The predicted molar refractivity (Wildman–Crippen MR) is 154 cm³/mol. The molecule has 1 heterocycles. The molecule has 0 saturated heterocycles. The Labute approximate surface area is 223 Å². The van der Waals surface area contributed by atoms with Crippen molar-refractivity contribution in [3.63, 3.8) is 0 Å². The van der Waals surface area contributed by atoms with Crippen molar-refractivity contribution >= 4 is 11.6 Å². The highest BCUT2D eigenvalue weighted by atomic mass is 35.5. The molecule has 194 valence electrons. The molecular weight excluding hydrogens is 464 g/mol. The number of alkyl halides is 1. The molecule has 0 aliphatic carbocycles. The van der Waals surface area contributed by atoms with E-state index in [-0.39, 0.29) is 11.5 Å². The number of hydrogen-bond donors (Lipinski definition) is 0. The molecule has 36 heavy (non-hydrogen) atoms. The Morgan fingerprint density at radius 1 is 0.722 bits per heavy atom. The quantitative estimate of drug-likeness (QED) is 0.143. The molecule has 0 saturated carbocycles. The monoisotopic (exact) mass is 506 g/mol. The standard InChI is InChI=1S/C32H43ClN2O/c1-4-6-7-8-9-10-11-12-27-22-34-32(35-23-27)30-19-17-29(18-20-30)28-15-13-26(14-16-28)21-25(3)36-24-31(33)5-2/h13-20,22-23,25,31H,4-12,21,24H2,1-3H3. The van der Waals surface area contributed by atoms with E-state index in [1.165, 1.54) is 67.2 Å². The summed E-state index contributed by atoms with van der Waals surface area (Å²) in [6.07, 6.45) is 16.3. The third-order valence-corrected chi connectivity index (χ3v) is 7.17. The van der Waals surface area contributed by atoms with Crippen LogP contribution in [0, 0.1) is 0 Å². The van der Waals surface area contributed by atoms with Crippen LogP contribution in [0.1, 0.15) is 83.3 Å². The molecule has 3 aromatic rings. The van der Waals surface area contributed by atoms with Crippen LogP contribution in [0.2, 0.25) is 0 Å². The van der Waals surface area contributed by atoms with Crippen molar-refractivity contribution in [1.82, 2.24) is 9.97 Å². The first-order valence-corrected chi connectivity index (χ1v) is 14.3. The molecule has 3 rings (SSSR count). The second-order valence-corrected chi connectivity index (χ2v) is 10.5. The number of hydrogen-bond acceptors (Lipinski definition) is 3. The van der Waals surface area contributed by atoms with E-state index in [4.69, 9.17) is 16.3 Å². The topological polar surface area (TPSA) is 35.0 Å². The van der Waals surface area contributed by atoms with Crippen molar-refractivity contribution in [1.29, 1.82) is 0 Å². The van der Waals surface area contributed by atoms with Crippen LogP contribution in [0.4, 0.5) is 0 Å². The van der Waals surface area contributed by atoms with Gasteiger partial charge in [-0.3, -0.25) is 0 Å². The molecule has 0 aliphatic rings. The van der Waals surface area contributed by atoms with Crippen LogP contribution in [0.25, 0.3) is 22.5 Å². The first-order valence-electron chi connectivity index (χ1n) is 13.8. The summed E-state index contributed by atoms with van der Waals surface area (Å²) in [5.41, 5.74) is 5.95. The summed E-state index contributed by atoms with van der Waals surface area (Å²) in [6, 6.07) is 17.3. The summed E-state index contributed by atoms with van der Waals surface area (Å²) >= 11 is 6.16. The van der Waals surface area contributed by atoms with E-state index in [2.05, 4.69) is 79.3 Å². The lowest BCUT2D eigenvalue weighted by atomic mass is 10.0. The lowest BCUT2D eigenvalue weighted by Gasteiger charge is -2.15. The first-order chi connectivity index (χ1) is 17.6. The summed E-state index contributed by atoms with van der Waals surface area (Å²) in [6.45, 7) is 7.06. The van der Waals surface area contributed by atoms with E-state index in [0.29, 0.717) is 6.61 Å². The van der Waals surface area contributed by atoms with Gasteiger partial charge in [0.05, 0.1) is 18.1 Å². The van der Waals surface area contributed by atoms with Crippen LogP contribution in [0.3, 0.4) is 0 Å². The highest BCUT2D eigenvalue weighted by molar-refractivity contribution is 6.20. The number of nitrogens with zero attached hydrogens (tertiary/aromatic N) is 2. The number of aromatic nitrogens is 2. The van der Waals surface area contributed by atoms with Crippen LogP contribution in [0.5, 0.6) is 0 Å². The Kier molecular flexibility index (Phi) is 12.4. The van der Waals surface area contributed by atoms with Gasteiger partial charge in [0.25, 0.3) is 0 Å². The van der Waals surface area contributed by atoms with Gasteiger partial charge in [-0.25, -0.2) is 9.97 Å². The fourth-order valence-corrected chi connectivity index (χ4v) is 4.41. The molecule has 0 amide bonds. The highest BCUT2D eigenvalue weighted by Crippen LogP contribution is 2.24. The van der Waals surface area contributed by atoms with Gasteiger partial charge in [-0.15, -0.1) is 11.6 Å². The molecule has 2 aromatic carbocycles. The van der Waals surface area contributed by atoms with Gasteiger partial charge in [-0.1, -0.05) is 101 Å². The van der Waals surface area contributed by atoms with Crippen molar-refractivity contribution in [2.24, 2.45) is 0 Å². The van der Waals surface area contributed by atoms with Gasteiger partial charge >= 0.3 is 0 Å². The molecule has 0 spiro atoms. The normalized spacial score (nSPS) is 13.0. The zero-order chi connectivity index (χ0) is 25.6. The minimum absolute atomic E-state index is 0.0936. The Hall–Kier alpha value is -2.23. The van der Waals surface area contributed by atoms with E-state index < -0.39 is 0 Å². The molecule has 0 N–H and O–H groups in total. The largest absolute Gasteiger partial charge is 0.377 e. The maximum absolute atomic E-state index is 6.16. The van der Waals surface area contributed by atoms with Crippen molar-refractivity contribution in [3.8, 4) is 22.5 Å². The molecule has 0 fully saturated rings. The Morgan fingerprint density at radius 2 is 1.28 bits per heavy atom. The first kappa shape index (κ1) is 28.3. The van der Waals surface area contributed by atoms with Gasteiger partial charge in [-0.05, 0) is 54.9 Å². The lowest BCUT2D eigenvalue weighted by Crippen LogP contribution is -2.17. The van der Waals surface area contributed by atoms with Crippen LogP contribution >= 0.6 is 11.6 Å². The lowest BCUT2D eigenvalue weighted by molar-refractivity contribution is 0.0661. The summed E-state index contributed by atoms with van der Waals surface area (Å²) in [5, 5.41) is 0.0936. The minimum atomic E-state index is 0.0936. The van der Waals surface area contributed by atoms with Crippen molar-refractivity contribution < 1.29 is 4.74 Å². The molecule has 3 nitrogen and oxygen atoms in total. The van der Waals surface area contributed by atoms with Crippen LogP contribution in [0.15, 0.2) is 60.9 Å². The van der Waals surface area contributed by atoms with Crippen LogP contribution in [-0.2, 0) is 17.6 Å². The number of halogens is 1. The van der Waals surface area contributed by atoms with Gasteiger partial charge in [0, 0.05) is 18.0 Å². The summed E-state index contributed by atoms with van der Waals surface area (Å²) in [4.78, 5) is 9.26. The fraction of sp³-hybridized carbons (Fsp3) is 0.500. The Bertz CT molecular complexity index is 986. The van der Waals surface area contributed by atoms with Crippen molar-refractivity contribution in [2.75, 3.05) is 6.61 Å². The molecular formula is C32H43ClN2O. The van der Waals surface area contributed by atoms with E-state index in [1.54, 1.807) is 0 Å². The molecule has 0 aliphatic heterocycles. The highest BCUT2D eigenvalue weighted by Gasteiger charge is 2.09. The smallest absolute Gasteiger partial charge is 0.159 e. The predicted octanol–water partition coefficient (Wildman–Crippen LogP) is 9.07. The van der Waals surface area contributed by atoms with E-state index in [1.807, 2.05) is 12.4 Å². The van der Waals surface area contributed by atoms with Gasteiger partial charge in [0.2, 0.25) is 0 Å². The van der Waals surface area contributed by atoms with Gasteiger partial charge in [0.1, 0.15) is 0 Å². The SMILES string of the molecule is CCCCCCCCCc1cnc(-c2ccc(-c3ccc(CC(C)OCC(Cl)CC)cc3)cc2)nc1. The third kappa shape index (κ3) is 9.67. The van der Waals surface area contributed by atoms with E-state index >= 15 is 0 Å². The maximum Gasteiger partial charge on any atom is 0.159 e. The van der Waals surface area contributed by atoms with Gasteiger partial charge in [0.15, 0.2) is 5.82 Å². The number of unbranched alkanes of at least 4 members (excludes halogenated alkanes) is 6. The average molecular weight is 507 g/mol. The minimum Gasteiger partial charge on any atom is -0.377 e. The summed E-state index contributed by atoms with van der Waals surface area (Å²) in [7, 11) is 0. The second kappa shape index (κ2) is 15.8. The van der Waals surface area contributed by atoms with Crippen LogP contribution < -0.4 is 0 Å². The Morgan fingerprint density at radius 3 is 1.89 bits per heavy atom. The third-order valence-electron chi connectivity index (χ3n) is 6.73. The van der Waals surface area contributed by atoms with Gasteiger partial charge < -0.3 is 4.74 Å². The van der Waals surface area contributed by atoms with E-state index in [0.717, 1.165) is 30.7 Å². The zero-order valence-electron chi connectivity index (χ0n) is 22.4. The summed E-state index contributed by atoms with van der Waals surface area (Å²) in [5.74, 6) is 0.788. The van der Waals surface area contributed by atoms with Crippen molar-refractivity contribution in [3.05, 3.63) is 72.1 Å². The molecule has 1 aromatic heterocycles. The van der Waals surface area contributed by atoms with Gasteiger partial charge in [-0.2, -0.15) is 0 Å². The molecule has 2 unspecified atom stereocenters. The van der Waals surface area contributed by atoms with Crippen molar-refractivity contribution in [2.45, 2.75) is 96.5 Å². The molecule has 0 radical (unpaired) electrons. The number of rotatable bonds is 16. The zero-order valence-corrected chi connectivity index (χ0v) is 23.1. The molecule has 0 bridgehead atoms.